The van der Waals surface area contributed by atoms with E-state index in [4.69, 9.17) is 9.72 Å². The van der Waals surface area contributed by atoms with E-state index in [0.717, 1.165) is 51.9 Å². The molecule has 154 valence electrons. The highest BCUT2D eigenvalue weighted by atomic mass is 32.1. The SMILES string of the molecule is CCOc1ccc2nc(N(CC[NH+](CC)CC)C(=O)c3ccccc3C)sc2c1. The third-order valence-corrected chi connectivity index (χ3v) is 6.24. The summed E-state index contributed by atoms with van der Waals surface area (Å²) in [5, 5.41) is 0.744. The molecular weight excluding hydrogens is 382 g/mol. The normalized spacial score (nSPS) is 11.2. The topological polar surface area (TPSA) is 46.9 Å². The van der Waals surface area contributed by atoms with Crippen LogP contribution in [0.15, 0.2) is 42.5 Å². The minimum atomic E-state index is 0.0127. The zero-order chi connectivity index (χ0) is 20.8. The van der Waals surface area contributed by atoms with Crippen molar-refractivity contribution in [1.29, 1.82) is 0 Å². The third kappa shape index (κ3) is 4.95. The van der Waals surface area contributed by atoms with Crippen molar-refractivity contribution in [3.8, 4) is 5.75 Å². The van der Waals surface area contributed by atoms with Crippen LogP contribution in [0.4, 0.5) is 5.13 Å². The molecule has 0 aliphatic heterocycles. The lowest BCUT2D eigenvalue weighted by Gasteiger charge is -2.23. The first-order valence-corrected chi connectivity index (χ1v) is 11.1. The van der Waals surface area contributed by atoms with Crippen molar-refractivity contribution in [1.82, 2.24) is 4.98 Å². The maximum Gasteiger partial charge on any atom is 0.260 e. The van der Waals surface area contributed by atoms with E-state index in [1.54, 1.807) is 11.3 Å². The number of nitrogens with one attached hydrogen (secondary N) is 1. The Morgan fingerprint density at radius 1 is 1.14 bits per heavy atom. The average Bonchev–Trinajstić information content (AvgIpc) is 3.14. The van der Waals surface area contributed by atoms with Gasteiger partial charge in [-0.05, 0) is 57.5 Å². The molecule has 0 radical (unpaired) electrons. The highest BCUT2D eigenvalue weighted by molar-refractivity contribution is 7.22. The van der Waals surface area contributed by atoms with Gasteiger partial charge in [0.15, 0.2) is 5.13 Å². The number of aryl methyl sites for hydroxylation is 1. The van der Waals surface area contributed by atoms with E-state index in [1.807, 2.05) is 61.2 Å². The van der Waals surface area contributed by atoms with E-state index in [9.17, 15) is 4.79 Å². The molecule has 0 atom stereocenters. The van der Waals surface area contributed by atoms with Crippen LogP contribution in [-0.2, 0) is 0 Å². The van der Waals surface area contributed by atoms with Crippen molar-refractivity contribution in [2.24, 2.45) is 0 Å². The number of hydrogen-bond acceptors (Lipinski definition) is 4. The maximum absolute atomic E-state index is 13.5. The van der Waals surface area contributed by atoms with Gasteiger partial charge in [0, 0.05) is 5.56 Å². The summed E-state index contributed by atoms with van der Waals surface area (Å²) < 4.78 is 6.65. The van der Waals surface area contributed by atoms with Gasteiger partial charge in [-0.2, -0.15) is 0 Å². The van der Waals surface area contributed by atoms with Gasteiger partial charge in [0.1, 0.15) is 5.75 Å². The van der Waals surface area contributed by atoms with E-state index >= 15 is 0 Å². The second-order valence-corrected chi connectivity index (χ2v) is 8.05. The number of carbonyl (C=O) groups excluding carboxylic acids is 1. The van der Waals surface area contributed by atoms with Crippen LogP contribution in [0.3, 0.4) is 0 Å². The van der Waals surface area contributed by atoms with E-state index < -0.39 is 0 Å². The number of ether oxygens (including phenoxy) is 1. The van der Waals surface area contributed by atoms with Gasteiger partial charge in [-0.3, -0.25) is 9.69 Å². The number of thiazole rings is 1. The Morgan fingerprint density at radius 2 is 1.90 bits per heavy atom. The van der Waals surface area contributed by atoms with E-state index in [0.29, 0.717) is 13.2 Å². The number of quaternary nitrogens is 1. The van der Waals surface area contributed by atoms with Crippen LogP contribution in [0.25, 0.3) is 10.2 Å². The van der Waals surface area contributed by atoms with Crippen molar-refractivity contribution in [2.45, 2.75) is 27.7 Å². The van der Waals surface area contributed by atoms with Crippen LogP contribution >= 0.6 is 11.3 Å². The van der Waals surface area contributed by atoms with E-state index in [-0.39, 0.29) is 5.91 Å². The molecule has 0 bridgehead atoms. The first-order chi connectivity index (χ1) is 14.1. The lowest BCUT2D eigenvalue weighted by atomic mass is 10.1. The molecule has 5 nitrogen and oxygen atoms in total. The zero-order valence-electron chi connectivity index (χ0n) is 17.7. The number of aromatic nitrogens is 1. The maximum atomic E-state index is 13.5. The largest absolute Gasteiger partial charge is 0.494 e. The fourth-order valence-corrected chi connectivity index (χ4v) is 4.40. The van der Waals surface area contributed by atoms with Gasteiger partial charge in [-0.1, -0.05) is 29.5 Å². The molecule has 1 heterocycles. The highest BCUT2D eigenvalue weighted by Gasteiger charge is 2.24. The zero-order valence-corrected chi connectivity index (χ0v) is 18.5. The molecule has 0 unspecified atom stereocenters. The summed E-state index contributed by atoms with van der Waals surface area (Å²) >= 11 is 1.55. The van der Waals surface area contributed by atoms with E-state index in [2.05, 4.69) is 13.8 Å². The number of likely N-dealkylation sites (N-methyl/N-ethyl adjacent to an activating group) is 1. The second-order valence-electron chi connectivity index (χ2n) is 7.04. The van der Waals surface area contributed by atoms with Crippen molar-refractivity contribution in [3.63, 3.8) is 0 Å². The average molecular weight is 413 g/mol. The summed E-state index contributed by atoms with van der Waals surface area (Å²) in [5.74, 6) is 0.846. The minimum Gasteiger partial charge on any atom is -0.494 e. The Morgan fingerprint density at radius 3 is 2.59 bits per heavy atom. The Labute approximate surface area is 176 Å². The number of nitrogens with zero attached hydrogens (tertiary/aromatic N) is 2. The smallest absolute Gasteiger partial charge is 0.260 e. The fourth-order valence-electron chi connectivity index (χ4n) is 3.38. The summed E-state index contributed by atoms with van der Waals surface area (Å²) in [6, 6.07) is 13.7. The van der Waals surface area contributed by atoms with Crippen LogP contribution < -0.4 is 14.5 Å². The van der Waals surface area contributed by atoms with Gasteiger partial charge in [-0.25, -0.2) is 4.98 Å². The van der Waals surface area contributed by atoms with Gasteiger partial charge in [-0.15, -0.1) is 0 Å². The van der Waals surface area contributed by atoms with Crippen molar-refractivity contribution >= 4 is 32.6 Å². The number of carbonyl (C=O) groups is 1. The summed E-state index contributed by atoms with van der Waals surface area (Å²) in [6.45, 7) is 12.6. The Hall–Kier alpha value is -2.44. The van der Waals surface area contributed by atoms with Gasteiger partial charge in [0.25, 0.3) is 5.91 Å². The lowest BCUT2D eigenvalue weighted by molar-refractivity contribution is -0.894. The molecule has 1 aromatic heterocycles. The molecule has 0 saturated carbocycles. The molecule has 0 saturated heterocycles. The summed E-state index contributed by atoms with van der Waals surface area (Å²) in [5.41, 5.74) is 2.61. The lowest BCUT2D eigenvalue weighted by Crippen LogP contribution is -3.12. The second kappa shape index (κ2) is 9.85. The molecule has 3 rings (SSSR count). The standard InChI is InChI=1S/C23H29N3O2S/c1-5-25(6-2)14-15-26(22(27)19-11-9-8-10-17(19)4)23-24-20-13-12-18(28-7-3)16-21(20)29-23/h8-13,16H,5-7,14-15H2,1-4H3/p+1. The number of benzene rings is 2. The monoisotopic (exact) mass is 412 g/mol. The molecular formula is C23H30N3O2S+. The number of anilines is 1. The minimum absolute atomic E-state index is 0.0127. The molecule has 6 heteroatoms. The van der Waals surface area contributed by atoms with Gasteiger partial charge >= 0.3 is 0 Å². The van der Waals surface area contributed by atoms with E-state index in [1.165, 1.54) is 4.90 Å². The molecule has 0 fully saturated rings. The molecule has 1 N–H and O–H groups in total. The molecule has 3 aromatic rings. The molecule has 1 amide bonds. The molecule has 29 heavy (non-hydrogen) atoms. The van der Waals surface area contributed by atoms with Crippen LogP contribution in [0, 0.1) is 6.92 Å². The summed E-state index contributed by atoms with van der Waals surface area (Å²) in [6.07, 6.45) is 0. The quantitative estimate of drug-likeness (QED) is 0.584. The van der Waals surface area contributed by atoms with Crippen LogP contribution in [0.5, 0.6) is 5.75 Å². The predicted molar refractivity (Wildman–Crippen MR) is 121 cm³/mol. The third-order valence-electron chi connectivity index (χ3n) is 5.20. The highest BCUT2D eigenvalue weighted by Crippen LogP contribution is 2.32. The Kier molecular flexibility index (Phi) is 7.23. The Bertz CT molecular complexity index is 966. The first-order valence-electron chi connectivity index (χ1n) is 10.3. The van der Waals surface area contributed by atoms with Crippen LogP contribution in [0.1, 0.15) is 36.7 Å². The summed E-state index contributed by atoms with van der Waals surface area (Å²) in [7, 11) is 0. The number of hydrogen-bond donors (Lipinski definition) is 1. The fraction of sp³-hybridized carbons (Fsp3) is 0.391. The molecule has 2 aromatic carbocycles. The summed E-state index contributed by atoms with van der Waals surface area (Å²) in [4.78, 5) is 21.6. The number of fused-ring (bicyclic) bond motifs is 1. The molecule has 0 spiro atoms. The van der Waals surface area contributed by atoms with Gasteiger partial charge < -0.3 is 9.64 Å². The Balaban J connectivity index is 1.96. The first kappa shape index (κ1) is 21.3. The van der Waals surface area contributed by atoms with Gasteiger partial charge in [0.05, 0.1) is 43.0 Å². The van der Waals surface area contributed by atoms with Crippen molar-refractivity contribution in [2.75, 3.05) is 37.7 Å². The molecule has 0 aliphatic rings. The van der Waals surface area contributed by atoms with Crippen LogP contribution in [-0.4, -0.2) is 43.7 Å². The van der Waals surface area contributed by atoms with Crippen LogP contribution in [0.2, 0.25) is 0 Å². The van der Waals surface area contributed by atoms with Crippen molar-refractivity contribution < 1.29 is 14.4 Å². The predicted octanol–water partition coefficient (Wildman–Crippen LogP) is 3.57. The molecule has 0 aliphatic carbocycles. The van der Waals surface area contributed by atoms with Gasteiger partial charge in [0.2, 0.25) is 0 Å². The number of rotatable bonds is 9. The van der Waals surface area contributed by atoms with Crippen molar-refractivity contribution in [3.05, 3.63) is 53.6 Å². The number of amides is 1.